The van der Waals surface area contributed by atoms with E-state index in [1.165, 1.54) is 12.1 Å². The molecule has 20 heavy (non-hydrogen) atoms. The van der Waals surface area contributed by atoms with Gasteiger partial charge in [0.15, 0.2) is 0 Å². The predicted molar refractivity (Wildman–Crippen MR) is 77.1 cm³/mol. The fourth-order valence-electron chi connectivity index (χ4n) is 1.82. The van der Waals surface area contributed by atoms with Crippen LogP contribution in [0.25, 0.3) is 0 Å². The van der Waals surface area contributed by atoms with E-state index in [1.807, 2.05) is 18.7 Å². The zero-order chi connectivity index (χ0) is 15.1. The zero-order valence-corrected chi connectivity index (χ0v) is 11.8. The van der Waals surface area contributed by atoms with Crippen LogP contribution in [0.2, 0.25) is 0 Å². The molecule has 1 amide bonds. The van der Waals surface area contributed by atoms with Crippen LogP contribution in [-0.2, 0) is 11.3 Å². The maximum Gasteiger partial charge on any atom is 0.231 e. The van der Waals surface area contributed by atoms with Gasteiger partial charge in [-0.05, 0) is 37.6 Å². The first-order valence-corrected chi connectivity index (χ1v) is 6.43. The van der Waals surface area contributed by atoms with E-state index >= 15 is 0 Å². The highest BCUT2D eigenvalue weighted by Crippen LogP contribution is 2.12. The van der Waals surface area contributed by atoms with Gasteiger partial charge in [0, 0.05) is 18.2 Å². The van der Waals surface area contributed by atoms with E-state index in [4.69, 9.17) is 11.5 Å². The molecule has 4 nitrogen and oxygen atoms in total. The van der Waals surface area contributed by atoms with Gasteiger partial charge in [0.2, 0.25) is 5.91 Å². The topological polar surface area (TPSA) is 72.3 Å². The van der Waals surface area contributed by atoms with Crippen LogP contribution < -0.4 is 11.5 Å². The largest absolute Gasteiger partial charge is 0.369 e. The van der Waals surface area contributed by atoms with Crippen LogP contribution in [0.4, 0.5) is 4.39 Å². The van der Waals surface area contributed by atoms with Crippen molar-refractivity contribution in [2.75, 3.05) is 13.1 Å². The molecule has 1 rings (SSSR count). The summed E-state index contributed by atoms with van der Waals surface area (Å²) >= 11 is 0. The predicted octanol–water partition coefficient (Wildman–Crippen LogP) is 0.832. The number of carbonyl (C=O) groups excluding carboxylic acids is 1. The number of halogens is 1. The molecule has 0 atom stereocenters. The average molecular weight is 277 g/mol. The molecular weight excluding hydrogens is 257 g/mol. The summed E-state index contributed by atoms with van der Waals surface area (Å²) in [5, 5.41) is 0. The number of nitrogens with two attached hydrogens (primary N) is 2. The minimum absolute atomic E-state index is 0.129. The molecule has 0 heterocycles. The minimum Gasteiger partial charge on any atom is -0.369 e. The van der Waals surface area contributed by atoms with Crippen molar-refractivity contribution in [2.24, 2.45) is 11.5 Å². The Morgan fingerprint density at radius 2 is 2.10 bits per heavy atom. The second-order valence-electron chi connectivity index (χ2n) is 4.82. The van der Waals surface area contributed by atoms with Crippen LogP contribution in [-0.4, -0.2) is 29.9 Å². The summed E-state index contributed by atoms with van der Waals surface area (Å²) in [6.45, 7) is 4.72. The second-order valence-corrected chi connectivity index (χ2v) is 4.82. The van der Waals surface area contributed by atoms with Crippen LogP contribution in [0.3, 0.4) is 0 Å². The lowest BCUT2D eigenvalue weighted by molar-refractivity contribution is -0.119. The number of hydrogen-bond donors (Lipinski definition) is 2. The standard InChI is InChI=1S/C15H20FN3O/c1-11(2)19(10-15(18)20)9-13-6-12(4-3-5-17)7-14(16)8-13/h6-8,11H,5,9-10,17H2,1-2H3,(H2,18,20). The van der Waals surface area contributed by atoms with Crippen molar-refractivity contribution in [3.8, 4) is 11.8 Å². The molecule has 0 unspecified atom stereocenters. The molecule has 0 radical (unpaired) electrons. The number of amides is 1. The van der Waals surface area contributed by atoms with Crippen molar-refractivity contribution in [1.29, 1.82) is 0 Å². The normalized spacial score (nSPS) is 10.5. The number of benzene rings is 1. The van der Waals surface area contributed by atoms with Gasteiger partial charge in [-0.15, -0.1) is 0 Å². The number of rotatable bonds is 5. The molecule has 1 aromatic carbocycles. The molecule has 0 spiro atoms. The lowest BCUT2D eigenvalue weighted by Gasteiger charge is -2.25. The van der Waals surface area contributed by atoms with Gasteiger partial charge in [0.05, 0.1) is 13.1 Å². The van der Waals surface area contributed by atoms with E-state index in [0.717, 1.165) is 5.56 Å². The summed E-state index contributed by atoms with van der Waals surface area (Å²) in [4.78, 5) is 12.9. The molecule has 4 N–H and O–H groups in total. The highest BCUT2D eigenvalue weighted by atomic mass is 19.1. The molecule has 0 aromatic heterocycles. The van der Waals surface area contributed by atoms with Crippen LogP contribution in [0.5, 0.6) is 0 Å². The van der Waals surface area contributed by atoms with Gasteiger partial charge in [-0.2, -0.15) is 0 Å². The fraction of sp³-hybridized carbons (Fsp3) is 0.400. The summed E-state index contributed by atoms with van der Waals surface area (Å²) in [6.07, 6.45) is 0. The van der Waals surface area contributed by atoms with Crippen molar-refractivity contribution in [3.63, 3.8) is 0 Å². The monoisotopic (exact) mass is 277 g/mol. The first-order valence-electron chi connectivity index (χ1n) is 6.43. The van der Waals surface area contributed by atoms with Crippen LogP contribution in [0.1, 0.15) is 25.0 Å². The number of carbonyl (C=O) groups is 1. The molecule has 0 fully saturated rings. The Labute approximate surface area is 118 Å². The second kappa shape index (κ2) is 7.63. The fourth-order valence-corrected chi connectivity index (χ4v) is 1.82. The van der Waals surface area contributed by atoms with Crippen LogP contribution in [0.15, 0.2) is 18.2 Å². The Morgan fingerprint density at radius 1 is 1.40 bits per heavy atom. The van der Waals surface area contributed by atoms with Crippen LogP contribution in [0, 0.1) is 17.7 Å². The Kier molecular flexibility index (Phi) is 6.16. The van der Waals surface area contributed by atoms with Crippen molar-refractivity contribution in [2.45, 2.75) is 26.4 Å². The number of hydrogen-bond acceptors (Lipinski definition) is 3. The number of primary amides is 1. The van der Waals surface area contributed by atoms with Gasteiger partial charge in [-0.3, -0.25) is 9.69 Å². The maximum atomic E-state index is 13.6. The van der Waals surface area contributed by atoms with Gasteiger partial charge in [0.1, 0.15) is 5.82 Å². The molecule has 0 aliphatic rings. The SMILES string of the molecule is CC(C)N(CC(N)=O)Cc1cc(F)cc(C#CCN)c1. The molecule has 0 saturated carbocycles. The highest BCUT2D eigenvalue weighted by molar-refractivity contribution is 5.75. The number of nitrogens with zero attached hydrogens (tertiary/aromatic N) is 1. The van der Waals surface area contributed by atoms with E-state index in [-0.39, 0.29) is 24.9 Å². The molecule has 0 saturated heterocycles. The lowest BCUT2D eigenvalue weighted by atomic mass is 10.1. The molecule has 108 valence electrons. The minimum atomic E-state index is -0.404. The molecule has 0 aliphatic carbocycles. The van der Waals surface area contributed by atoms with E-state index in [0.29, 0.717) is 12.1 Å². The summed E-state index contributed by atoms with van der Waals surface area (Å²) in [5.41, 5.74) is 11.8. The molecule has 0 bridgehead atoms. The van der Waals surface area contributed by atoms with Gasteiger partial charge >= 0.3 is 0 Å². The Morgan fingerprint density at radius 3 is 2.65 bits per heavy atom. The van der Waals surface area contributed by atoms with Crippen molar-refractivity contribution >= 4 is 5.91 Å². The average Bonchev–Trinajstić information content (AvgIpc) is 2.34. The van der Waals surface area contributed by atoms with E-state index < -0.39 is 5.91 Å². The molecule has 1 aromatic rings. The summed E-state index contributed by atoms with van der Waals surface area (Å²) in [7, 11) is 0. The lowest BCUT2D eigenvalue weighted by Crippen LogP contribution is -2.38. The summed E-state index contributed by atoms with van der Waals surface area (Å²) in [6, 6.07) is 4.72. The van der Waals surface area contributed by atoms with E-state index in [1.54, 1.807) is 6.07 Å². The maximum absolute atomic E-state index is 13.6. The van der Waals surface area contributed by atoms with Gasteiger partial charge in [-0.25, -0.2) is 4.39 Å². The Hall–Kier alpha value is -1.90. The smallest absolute Gasteiger partial charge is 0.231 e. The van der Waals surface area contributed by atoms with Crippen molar-refractivity contribution in [3.05, 3.63) is 35.1 Å². The third kappa shape index (κ3) is 5.39. The van der Waals surface area contributed by atoms with Crippen LogP contribution >= 0.6 is 0 Å². The quantitative estimate of drug-likeness (QED) is 0.783. The molecule has 0 aliphatic heterocycles. The summed E-state index contributed by atoms with van der Waals surface area (Å²) in [5.74, 6) is 4.73. The van der Waals surface area contributed by atoms with Gasteiger partial charge < -0.3 is 11.5 Å². The first-order chi connectivity index (χ1) is 9.42. The van der Waals surface area contributed by atoms with Gasteiger partial charge in [0.25, 0.3) is 0 Å². The molecular formula is C15H20FN3O. The Balaban J connectivity index is 2.94. The highest BCUT2D eigenvalue weighted by Gasteiger charge is 2.13. The zero-order valence-electron chi connectivity index (χ0n) is 11.8. The van der Waals surface area contributed by atoms with Crippen molar-refractivity contribution in [1.82, 2.24) is 4.90 Å². The van der Waals surface area contributed by atoms with E-state index in [2.05, 4.69) is 11.8 Å². The van der Waals surface area contributed by atoms with Crippen molar-refractivity contribution < 1.29 is 9.18 Å². The van der Waals surface area contributed by atoms with Gasteiger partial charge in [-0.1, -0.05) is 11.8 Å². The molecule has 5 heteroatoms. The Bertz CT molecular complexity index is 532. The summed E-state index contributed by atoms with van der Waals surface area (Å²) < 4.78 is 13.6. The first kappa shape index (κ1) is 16.2. The third-order valence-corrected chi connectivity index (χ3v) is 2.77. The third-order valence-electron chi connectivity index (χ3n) is 2.77. The van der Waals surface area contributed by atoms with E-state index in [9.17, 15) is 9.18 Å².